The average Bonchev–Trinajstić information content (AvgIpc) is 2.77. The van der Waals surface area contributed by atoms with E-state index in [4.69, 9.17) is 4.74 Å². The number of hydrogen-bond acceptors (Lipinski definition) is 5. The summed E-state index contributed by atoms with van der Waals surface area (Å²) >= 11 is 0. The molecule has 0 saturated carbocycles. The van der Waals surface area contributed by atoms with Gasteiger partial charge in [-0.15, -0.1) is 0 Å². The van der Waals surface area contributed by atoms with E-state index in [0.717, 1.165) is 48.7 Å². The molecule has 0 spiro atoms. The van der Waals surface area contributed by atoms with Gasteiger partial charge < -0.3 is 20.1 Å². The number of carbonyl (C=O) groups excluding carboxylic acids is 1. The fourth-order valence-corrected chi connectivity index (χ4v) is 3.82. The molecule has 168 valence electrons. The van der Waals surface area contributed by atoms with E-state index in [1.165, 1.54) is 12.1 Å². The average molecular weight is 430 g/mol. The van der Waals surface area contributed by atoms with Crippen molar-refractivity contribution >= 4 is 11.6 Å². The van der Waals surface area contributed by atoms with E-state index in [0.29, 0.717) is 0 Å². The van der Waals surface area contributed by atoms with Gasteiger partial charge in [-0.3, -0.25) is 9.69 Å². The van der Waals surface area contributed by atoms with Crippen LogP contribution in [0.3, 0.4) is 0 Å². The van der Waals surface area contributed by atoms with Crippen LogP contribution < -0.4 is 15.0 Å². The third kappa shape index (κ3) is 6.18. The maximum absolute atomic E-state index is 13.1. The fraction of sp³-hybridized carbons (Fsp3) is 0.458. The Labute approximate surface area is 183 Å². The number of ether oxygens (including phenoxy) is 1. The van der Waals surface area contributed by atoms with Crippen LogP contribution in [0.4, 0.5) is 10.1 Å². The second kappa shape index (κ2) is 10.6. The molecule has 1 fully saturated rings. The monoisotopic (exact) mass is 429 g/mol. The molecular weight excluding hydrogens is 397 g/mol. The zero-order valence-corrected chi connectivity index (χ0v) is 18.5. The number of aliphatic hydroxyl groups excluding tert-OH is 1. The Hall–Kier alpha value is -2.64. The second-order valence-corrected chi connectivity index (χ2v) is 8.11. The highest BCUT2D eigenvalue weighted by molar-refractivity contribution is 5.81. The van der Waals surface area contributed by atoms with Crippen molar-refractivity contribution in [3.8, 4) is 5.75 Å². The molecule has 2 unspecified atom stereocenters. The van der Waals surface area contributed by atoms with Gasteiger partial charge in [-0.2, -0.15) is 0 Å². The van der Waals surface area contributed by atoms with Crippen LogP contribution in [0.2, 0.25) is 0 Å². The number of anilines is 1. The summed E-state index contributed by atoms with van der Waals surface area (Å²) in [5.74, 6) is 0.427. The number of benzene rings is 2. The molecule has 2 aromatic rings. The minimum atomic E-state index is -0.787. The Morgan fingerprint density at radius 1 is 1.10 bits per heavy atom. The summed E-state index contributed by atoms with van der Waals surface area (Å²) in [6.07, 6.45) is -0.787. The fourth-order valence-electron chi connectivity index (χ4n) is 3.82. The number of nitrogens with zero attached hydrogens (tertiary/aromatic N) is 2. The predicted molar refractivity (Wildman–Crippen MR) is 120 cm³/mol. The number of nitrogens with one attached hydrogen (secondary N) is 1. The highest BCUT2D eigenvalue weighted by atomic mass is 19.1. The van der Waals surface area contributed by atoms with Crippen molar-refractivity contribution < 1.29 is 19.0 Å². The zero-order valence-electron chi connectivity index (χ0n) is 18.5. The largest absolute Gasteiger partial charge is 0.490 e. The van der Waals surface area contributed by atoms with Gasteiger partial charge in [-0.1, -0.05) is 18.2 Å². The highest BCUT2D eigenvalue weighted by Gasteiger charge is 2.26. The molecule has 1 aliphatic rings. The van der Waals surface area contributed by atoms with Crippen LogP contribution in [0.1, 0.15) is 18.1 Å². The molecule has 2 atom stereocenters. The summed E-state index contributed by atoms with van der Waals surface area (Å²) < 4.78 is 18.9. The Kier molecular flexibility index (Phi) is 7.87. The number of para-hydroxylation sites is 1. The molecule has 0 bridgehead atoms. The van der Waals surface area contributed by atoms with Crippen molar-refractivity contribution in [2.75, 3.05) is 44.2 Å². The Morgan fingerprint density at radius 2 is 1.71 bits per heavy atom. The van der Waals surface area contributed by atoms with E-state index < -0.39 is 6.10 Å². The molecule has 31 heavy (non-hydrogen) atoms. The normalized spacial score (nSPS) is 16.6. The first-order valence-corrected chi connectivity index (χ1v) is 10.7. The lowest BCUT2D eigenvalue weighted by atomic mass is 10.1. The summed E-state index contributed by atoms with van der Waals surface area (Å²) in [5, 5.41) is 13.1. The summed E-state index contributed by atoms with van der Waals surface area (Å²) in [6.45, 7) is 9.10. The molecule has 0 aliphatic carbocycles. The van der Waals surface area contributed by atoms with Gasteiger partial charge in [0.15, 0.2) is 0 Å². The Morgan fingerprint density at radius 3 is 2.32 bits per heavy atom. The summed E-state index contributed by atoms with van der Waals surface area (Å²) in [7, 11) is 0. The number of aryl methyl sites for hydroxylation is 2. The molecule has 2 aromatic carbocycles. The minimum absolute atomic E-state index is 0.110. The molecule has 0 radical (unpaired) electrons. The van der Waals surface area contributed by atoms with Crippen molar-refractivity contribution in [3.63, 3.8) is 0 Å². The number of halogens is 1. The molecule has 1 aliphatic heterocycles. The SMILES string of the molecule is Cc1cccc(C)c1OCC(O)CNC(=O)C(C)N1CCN(c2ccc(F)cc2)CC1. The van der Waals surface area contributed by atoms with Gasteiger partial charge in [0, 0.05) is 38.4 Å². The summed E-state index contributed by atoms with van der Waals surface area (Å²) in [5.41, 5.74) is 3.03. The van der Waals surface area contributed by atoms with Crippen molar-refractivity contribution in [2.24, 2.45) is 0 Å². The lowest BCUT2D eigenvalue weighted by molar-refractivity contribution is -0.126. The standard InChI is InChI=1S/C24H32FN3O3/c1-17-5-4-6-18(2)23(17)31-16-22(29)15-26-24(30)19(3)27-11-13-28(14-12-27)21-9-7-20(25)8-10-21/h4-10,19,22,29H,11-16H2,1-3H3,(H,26,30). The topological polar surface area (TPSA) is 65.0 Å². The van der Waals surface area contributed by atoms with Crippen LogP contribution in [-0.4, -0.2) is 67.4 Å². The molecule has 3 rings (SSSR count). The number of rotatable bonds is 8. The van der Waals surface area contributed by atoms with Crippen LogP contribution in [-0.2, 0) is 4.79 Å². The first-order chi connectivity index (χ1) is 14.8. The third-order valence-electron chi connectivity index (χ3n) is 5.77. The van der Waals surface area contributed by atoms with Crippen LogP contribution >= 0.6 is 0 Å². The summed E-state index contributed by atoms with van der Waals surface area (Å²) in [4.78, 5) is 16.9. The quantitative estimate of drug-likeness (QED) is 0.675. The van der Waals surface area contributed by atoms with Crippen molar-refractivity contribution in [1.82, 2.24) is 10.2 Å². The molecule has 0 aromatic heterocycles. The highest BCUT2D eigenvalue weighted by Crippen LogP contribution is 2.22. The predicted octanol–water partition coefficient (Wildman–Crippen LogP) is 2.51. The van der Waals surface area contributed by atoms with Crippen LogP contribution in [0.15, 0.2) is 42.5 Å². The van der Waals surface area contributed by atoms with Crippen LogP contribution in [0, 0.1) is 19.7 Å². The zero-order chi connectivity index (χ0) is 22.4. The first kappa shape index (κ1) is 23.0. The molecule has 7 heteroatoms. The molecule has 6 nitrogen and oxygen atoms in total. The lowest BCUT2D eigenvalue weighted by Crippen LogP contribution is -2.54. The maximum Gasteiger partial charge on any atom is 0.237 e. The molecule has 2 N–H and O–H groups in total. The third-order valence-corrected chi connectivity index (χ3v) is 5.77. The molecule has 1 saturated heterocycles. The number of piperazine rings is 1. The van der Waals surface area contributed by atoms with E-state index >= 15 is 0 Å². The van der Waals surface area contributed by atoms with E-state index in [-0.39, 0.29) is 30.9 Å². The number of carbonyl (C=O) groups is 1. The van der Waals surface area contributed by atoms with E-state index in [1.807, 2.05) is 39.0 Å². The Balaban J connectivity index is 1.40. The van der Waals surface area contributed by atoms with Crippen LogP contribution in [0.25, 0.3) is 0 Å². The minimum Gasteiger partial charge on any atom is -0.490 e. The number of hydrogen-bond donors (Lipinski definition) is 2. The lowest BCUT2D eigenvalue weighted by Gasteiger charge is -2.38. The smallest absolute Gasteiger partial charge is 0.237 e. The number of aliphatic hydroxyl groups is 1. The van der Waals surface area contributed by atoms with Crippen LogP contribution in [0.5, 0.6) is 5.75 Å². The molecule has 1 heterocycles. The van der Waals surface area contributed by atoms with Crippen molar-refractivity contribution in [1.29, 1.82) is 0 Å². The Bertz CT molecular complexity index is 847. The summed E-state index contributed by atoms with van der Waals surface area (Å²) in [6, 6.07) is 12.1. The number of amides is 1. The van der Waals surface area contributed by atoms with Gasteiger partial charge in [-0.05, 0) is 56.2 Å². The van der Waals surface area contributed by atoms with Gasteiger partial charge >= 0.3 is 0 Å². The van der Waals surface area contributed by atoms with E-state index in [1.54, 1.807) is 12.1 Å². The van der Waals surface area contributed by atoms with Gasteiger partial charge in [0.05, 0.1) is 6.04 Å². The first-order valence-electron chi connectivity index (χ1n) is 10.7. The van der Waals surface area contributed by atoms with E-state index in [9.17, 15) is 14.3 Å². The molecular formula is C24H32FN3O3. The second-order valence-electron chi connectivity index (χ2n) is 8.11. The van der Waals surface area contributed by atoms with E-state index in [2.05, 4.69) is 15.1 Å². The van der Waals surface area contributed by atoms with Gasteiger partial charge in [0.25, 0.3) is 0 Å². The van der Waals surface area contributed by atoms with Gasteiger partial charge in [0.2, 0.25) is 5.91 Å². The molecule has 1 amide bonds. The maximum atomic E-state index is 13.1. The van der Waals surface area contributed by atoms with Crippen molar-refractivity contribution in [3.05, 3.63) is 59.4 Å². The van der Waals surface area contributed by atoms with Gasteiger partial charge in [-0.25, -0.2) is 4.39 Å². The van der Waals surface area contributed by atoms with Crippen molar-refractivity contribution in [2.45, 2.75) is 32.9 Å². The van der Waals surface area contributed by atoms with Gasteiger partial charge in [0.1, 0.15) is 24.3 Å².